The van der Waals surface area contributed by atoms with Crippen LogP contribution < -0.4 is 9.80 Å². The molecule has 0 saturated carbocycles. The Kier molecular flexibility index (Phi) is 6.42. The highest BCUT2D eigenvalue weighted by Crippen LogP contribution is 2.27. The first-order valence-electron chi connectivity index (χ1n) is 8.41. The summed E-state index contributed by atoms with van der Waals surface area (Å²) >= 11 is 0. The Bertz CT molecular complexity index is 653. The van der Waals surface area contributed by atoms with Crippen LogP contribution in [0.1, 0.15) is 20.8 Å². The average molecular weight is 368 g/mol. The molecule has 1 aliphatic heterocycles. The van der Waals surface area contributed by atoms with E-state index in [-0.39, 0.29) is 12.2 Å². The highest BCUT2D eigenvalue weighted by Gasteiger charge is 2.27. The van der Waals surface area contributed by atoms with Gasteiger partial charge in [0.25, 0.3) is 0 Å². The zero-order chi connectivity index (χ0) is 19.3. The number of morpholine rings is 1. The molecule has 0 aromatic heterocycles. The quantitative estimate of drug-likeness (QED) is 0.761. The van der Waals surface area contributed by atoms with Crippen molar-refractivity contribution in [2.24, 2.45) is 0 Å². The lowest BCUT2D eigenvalue weighted by atomic mass is 10.2. The summed E-state index contributed by atoms with van der Waals surface area (Å²) in [6, 6.07) is 4.39. The summed E-state index contributed by atoms with van der Waals surface area (Å²) in [5, 5.41) is 0. The molecule has 0 radical (unpaired) electrons. The monoisotopic (exact) mass is 368 g/mol. The fraction of sp³-hybridized carbons (Fsp3) is 0.556. The van der Waals surface area contributed by atoms with Crippen molar-refractivity contribution in [2.75, 3.05) is 49.8 Å². The number of hydrogen-bond donors (Lipinski definition) is 0. The van der Waals surface area contributed by atoms with Crippen LogP contribution in [0.3, 0.4) is 0 Å². The molecule has 0 spiro atoms. The lowest BCUT2D eigenvalue weighted by Gasteiger charge is -2.30. The fourth-order valence-corrected chi connectivity index (χ4v) is 2.50. The number of esters is 1. The molecular weight excluding hydrogens is 343 g/mol. The molecular formula is C18H25FN2O5. The van der Waals surface area contributed by atoms with E-state index in [1.165, 1.54) is 13.2 Å². The number of nitrogens with zero attached hydrogens (tertiary/aromatic N) is 2. The van der Waals surface area contributed by atoms with E-state index in [1.807, 2.05) is 4.90 Å². The molecule has 2 rings (SSSR count). The Morgan fingerprint density at radius 3 is 2.46 bits per heavy atom. The molecule has 1 aliphatic rings. The van der Waals surface area contributed by atoms with Gasteiger partial charge in [0.15, 0.2) is 0 Å². The molecule has 0 unspecified atom stereocenters. The lowest BCUT2D eigenvalue weighted by molar-refractivity contribution is -0.139. The van der Waals surface area contributed by atoms with Crippen LogP contribution in [0, 0.1) is 5.82 Å². The van der Waals surface area contributed by atoms with Gasteiger partial charge >= 0.3 is 12.1 Å². The summed E-state index contributed by atoms with van der Waals surface area (Å²) in [5.74, 6) is -1.11. The second-order valence-corrected chi connectivity index (χ2v) is 6.88. The van der Waals surface area contributed by atoms with Crippen molar-refractivity contribution in [3.05, 3.63) is 24.0 Å². The summed E-state index contributed by atoms with van der Waals surface area (Å²) in [6.45, 7) is 7.02. The molecule has 1 aromatic rings. The molecule has 8 heteroatoms. The number of amides is 1. The molecule has 1 heterocycles. The van der Waals surface area contributed by atoms with Gasteiger partial charge in [-0.05, 0) is 39.0 Å². The zero-order valence-corrected chi connectivity index (χ0v) is 15.6. The Morgan fingerprint density at radius 1 is 1.27 bits per heavy atom. The Morgan fingerprint density at radius 2 is 1.92 bits per heavy atom. The van der Waals surface area contributed by atoms with Gasteiger partial charge in [0.05, 0.1) is 31.7 Å². The fourth-order valence-electron chi connectivity index (χ4n) is 2.50. The minimum Gasteiger partial charge on any atom is -0.468 e. The van der Waals surface area contributed by atoms with Crippen molar-refractivity contribution < 1.29 is 28.2 Å². The molecule has 0 N–H and O–H groups in total. The van der Waals surface area contributed by atoms with Gasteiger partial charge in [-0.1, -0.05) is 0 Å². The van der Waals surface area contributed by atoms with Crippen LogP contribution in [-0.2, 0) is 19.0 Å². The summed E-state index contributed by atoms with van der Waals surface area (Å²) < 4.78 is 29.9. The standard InChI is InChI=1S/C18H25FN2O5/c1-18(2,3)26-17(23)21(12-16(22)24-4)13-5-6-15(14(19)11-13)20-7-9-25-10-8-20/h5-6,11H,7-10,12H2,1-4H3. The van der Waals surface area contributed by atoms with Gasteiger partial charge < -0.3 is 19.1 Å². The predicted octanol–water partition coefficient (Wildman–Crippen LogP) is 2.58. The predicted molar refractivity (Wildman–Crippen MR) is 95.0 cm³/mol. The molecule has 1 aromatic carbocycles. The molecule has 1 saturated heterocycles. The van der Waals surface area contributed by atoms with E-state index in [9.17, 15) is 14.0 Å². The maximum absolute atomic E-state index is 14.6. The molecule has 7 nitrogen and oxygen atoms in total. The van der Waals surface area contributed by atoms with Gasteiger partial charge in [0.1, 0.15) is 18.0 Å². The average Bonchev–Trinajstić information content (AvgIpc) is 2.58. The van der Waals surface area contributed by atoms with Gasteiger partial charge in [-0.25, -0.2) is 9.18 Å². The highest BCUT2D eigenvalue weighted by atomic mass is 19.1. The third-order valence-corrected chi connectivity index (χ3v) is 3.72. The van der Waals surface area contributed by atoms with Gasteiger partial charge in [-0.3, -0.25) is 9.69 Å². The molecule has 26 heavy (non-hydrogen) atoms. The van der Waals surface area contributed by atoms with Crippen LogP contribution in [0.2, 0.25) is 0 Å². The summed E-state index contributed by atoms with van der Waals surface area (Å²) in [6.07, 6.45) is -0.749. The number of benzene rings is 1. The smallest absolute Gasteiger partial charge is 0.415 e. The topological polar surface area (TPSA) is 68.3 Å². The van der Waals surface area contributed by atoms with E-state index < -0.39 is 23.5 Å². The summed E-state index contributed by atoms with van der Waals surface area (Å²) in [4.78, 5) is 27.1. The number of hydrogen-bond acceptors (Lipinski definition) is 6. The van der Waals surface area contributed by atoms with Crippen LogP contribution in [0.4, 0.5) is 20.6 Å². The third-order valence-electron chi connectivity index (χ3n) is 3.72. The third kappa shape index (κ3) is 5.32. The largest absolute Gasteiger partial charge is 0.468 e. The minimum atomic E-state index is -0.752. The second kappa shape index (κ2) is 8.35. The first-order chi connectivity index (χ1) is 12.2. The Balaban J connectivity index is 2.27. The highest BCUT2D eigenvalue weighted by molar-refractivity contribution is 5.93. The maximum atomic E-state index is 14.6. The van der Waals surface area contributed by atoms with Crippen LogP contribution in [0.5, 0.6) is 0 Å². The van der Waals surface area contributed by atoms with Crippen molar-refractivity contribution in [3.8, 4) is 0 Å². The van der Waals surface area contributed by atoms with Gasteiger partial charge in [0.2, 0.25) is 0 Å². The minimum absolute atomic E-state index is 0.221. The number of methoxy groups -OCH3 is 1. The van der Waals surface area contributed by atoms with Crippen molar-refractivity contribution >= 4 is 23.4 Å². The van der Waals surface area contributed by atoms with Crippen molar-refractivity contribution in [1.82, 2.24) is 0 Å². The van der Waals surface area contributed by atoms with E-state index in [2.05, 4.69) is 4.74 Å². The first kappa shape index (κ1) is 20.0. The number of anilines is 2. The van der Waals surface area contributed by atoms with Crippen LogP contribution in [0.15, 0.2) is 18.2 Å². The van der Waals surface area contributed by atoms with Crippen LogP contribution in [-0.4, -0.2) is 57.6 Å². The van der Waals surface area contributed by atoms with E-state index >= 15 is 0 Å². The number of ether oxygens (including phenoxy) is 3. The van der Waals surface area contributed by atoms with Crippen molar-refractivity contribution in [2.45, 2.75) is 26.4 Å². The Labute approximate surface area is 152 Å². The Hall–Kier alpha value is -2.35. The number of rotatable bonds is 4. The van der Waals surface area contributed by atoms with E-state index in [4.69, 9.17) is 9.47 Å². The molecule has 0 atom stereocenters. The molecule has 0 bridgehead atoms. The molecule has 0 aliphatic carbocycles. The summed E-state index contributed by atoms with van der Waals surface area (Å²) in [5.41, 5.74) is -0.101. The van der Waals surface area contributed by atoms with Crippen molar-refractivity contribution in [1.29, 1.82) is 0 Å². The SMILES string of the molecule is COC(=O)CN(C(=O)OC(C)(C)C)c1ccc(N2CCOCC2)c(F)c1. The lowest BCUT2D eigenvalue weighted by Crippen LogP contribution is -2.40. The van der Waals surface area contributed by atoms with Gasteiger partial charge in [0, 0.05) is 13.1 Å². The van der Waals surface area contributed by atoms with Gasteiger partial charge in [-0.2, -0.15) is 0 Å². The zero-order valence-electron chi connectivity index (χ0n) is 15.6. The second-order valence-electron chi connectivity index (χ2n) is 6.88. The summed E-state index contributed by atoms with van der Waals surface area (Å²) in [7, 11) is 1.22. The van der Waals surface area contributed by atoms with E-state index in [1.54, 1.807) is 32.9 Å². The molecule has 144 valence electrons. The maximum Gasteiger partial charge on any atom is 0.415 e. The normalized spacial score (nSPS) is 14.7. The van der Waals surface area contributed by atoms with E-state index in [0.717, 1.165) is 4.90 Å². The first-order valence-corrected chi connectivity index (χ1v) is 8.41. The number of halogens is 1. The molecule has 1 amide bonds. The molecule has 1 fully saturated rings. The number of carbonyl (C=O) groups is 2. The van der Waals surface area contributed by atoms with Crippen molar-refractivity contribution in [3.63, 3.8) is 0 Å². The number of carbonyl (C=O) groups excluding carboxylic acids is 2. The van der Waals surface area contributed by atoms with Gasteiger partial charge in [-0.15, -0.1) is 0 Å². The van der Waals surface area contributed by atoms with Crippen LogP contribution >= 0.6 is 0 Å². The van der Waals surface area contributed by atoms with E-state index in [0.29, 0.717) is 32.0 Å². The van der Waals surface area contributed by atoms with Crippen LogP contribution in [0.25, 0.3) is 0 Å².